The standard InChI is InChI=1S/C7H15NO.C2H3ClO/c1-8-6-4-2-3-5-7-9;3-1-2-4/h7-8H,2-6H2,1H3;2H,1H2. The Morgan fingerprint density at radius 1 is 1.15 bits per heavy atom. The maximum absolute atomic E-state index is 9.82. The minimum atomic E-state index is 0.111. The van der Waals surface area contributed by atoms with Gasteiger partial charge in [0.25, 0.3) is 0 Å². The van der Waals surface area contributed by atoms with Gasteiger partial charge in [-0.2, -0.15) is 0 Å². The lowest BCUT2D eigenvalue weighted by Gasteiger charge is -1.95. The van der Waals surface area contributed by atoms with E-state index in [1.54, 1.807) is 0 Å². The van der Waals surface area contributed by atoms with Gasteiger partial charge < -0.3 is 14.9 Å². The van der Waals surface area contributed by atoms with E-state index in [1.807, 2.05) is 7.05 Å². The van der Waals surface area contributed by atoms with Gasteiger partial charge >= 0.3 is 0 Å². The quantitative estimate of drug-likeness (QED) is 0.390. The maximum atomic E-state index is 9.82. The second-order valence-corrected chi connectivity index (χ2v) is 2.75. The molecule has 0 bridgehead atoms. The Morgan fingerprint density at radius 3 is 2.15 bits per heavy atom. The van der Waals surface area contributed by atoms with E-state index in [-0.39, 0.29) is 5.88 Å². The summed E-state index contributed by atoms with van der Waals surface area (Å²) in [6.07, 6.45) is 5.75. The van der Waals surface area contributed by atoms with Crippen LogP contribution in [0.2, 0.25) is 0 Å². The molecule has 4 heteroatoms. The predicted molar refractivity (Wildman–Crippen MR) is 55.2 cm³/mol. The van der Waals surface area contributed by atoms with Crippen LogP contribution in [0, 0.1) is 0 Å². The molecule has 0 aliphatic rings. The van der Waals surface area contributed by atoms with Crippen LogP contribution < -0.4 is 5.32 Å². The van der Waals surface area contributed by atoms with Crippen LogP contribution in [-0.4, -0.2) is 32.0 Å². The van der Waals surface area contributed by atoms with Gasteiger partial charge in [0, 0.05) is 6.42 Å². The second-order valence-electron chi connectivity index (χ2n) is 2.44. The molecule has 0 heterocycles. The van der Waals surface area contributed by atoms with Crippen molar-refractivity contribution in [2.24, 2.45) is 0 Å². The number of rotatable bonds is 7. The third kappa shape index (κ3) is 24.5. The van der Waals surface area contributed by atoms with E-state index in [0.717, 1.165) is 25.7 Å². The van der Waals surface area contributed by atoms with E-state index in [1.165, 1.54) is 12.8 Å². The number of halogens is 1. The van der Waals surface area contributed by atoms with Crippen LogP contribution in [0.15, 0.2) is 0 Å². The van der Waals surface area contributed by atoms with Crippen LogP contribution in [-0.2, 0) is 9.59 Å². The first-order chi connectivity index (χ1) is 6.33. The van der Waals surface area contributed by atoms with E-state index in [2.05, 4.69) is 5.32 Å². The molecule has 1 N–H and O–H groups in total. The average molecular weight is 208 g/mol. The average Bonchev–Trinajstić information content (AvgIpc) is 2.18. The van der Waals surface area contributed by atoms with Crippen molar-refractivity contribution in [3.8, 4) is 0 Å². The highest BCUT2D eigenvalue weighted by atomic mass is 35.5. The van der Waals surface area contributed by atoms with Gasteiger partial charge in [0.15, 0.2) is 0 Å². The predicted octanol–water partition coefficient (Wildman–Crippen LogP) is 1.39. The topological polar surface area (TPSA) is 46.2 Å². The van der Waals surface area contributed by atoms with Crippen LogP contribution in [0.1, 0.15) is 25.7 Å². The van der Waals surface area contributed by atoms with Crippen molar-refractivity contribution in [3.05, 3.63) is 0 Å². The summed E-state index contributed by atoms with van der Waals surface area (Å²) in [4.78, 5) is 18.9. The summed E-state index contributed by atoms with van der Waals surface area (Å²) in [5.41, 5.74) is 0. The van der Waals surface area contributed by atoms with Gasteiger partial charge in [-0.05, 0) is 26.4 Å². The minimum Gasteiger partial charge on any atom is -0.320 e. The monoisotopic (exact) mass is 207 g/mol. The Bertz CT molecular complexity index is 110. The first kappa shape index (κ1) is 15.1. The van der Waals surface area contributed by atoms with Crippen LogP contribution in [0.3, 0.4) is 0 Å². The largest absolute Gasteiger partial charge is 0.320 e. The Hall–Kier alpha value is -0.410. The van der Waals surface area contributed by atoms with Crippen LogP contribution in [0.25, 0.3) is 0 Å². The molecule has 0 aromatic heterocycles. The Kier molecular flexibility index (Phi) is 20.4. The molecule has 0 aliphatic carbocycles. The summed E-state index contributed by atoms with van der Waals surface area (Å²) in [5, 5.41) is 3.06. The highest BCUT2D eigenvalue weighted by Crippen LogP contribution is 1.95. The molecule has 78 valence electrons. The van der Waals surface area contributed by atoms with Crippen molar-refractivity contribution < 1.29 is 9.59 Å². The zero-order chi connectivity index (χ0) is 10.4. The molecule has 0 unspecified atom stereocenters. The Labute approximate surface area is 84.8 Å². The van der Waals surface area contributed by atoms with Gasteiger partial charge in [-0.3, -0.25) is 0 Å². The number of carbonyl (C=O) groups is 2. The van der Waals surface area contributed by atoms with Crippen molar-refractivity contribution in [2.75, 3.05) is 19.5 Å². The second kappa shape index (κ2) is 17.6. The number of hydrogen-bond donors (Lipinski definition) is 1. The summed E-state index contributed by atoms with van der Waals surface area (Å²) in [6.45, 7) is 1.07. The molecule has 0 saturated carbocycles. The molecular weight excluding hydrogens is 190 g/mol. The van der Waals surface area contributed by atoms with Crippen LogP contribution in [0.4, 0.5) is 0 Å². The molecule has 13 heavy (non-hydrogen) atoms. The lowest BCUT2D eigenvalue weighted by Crippen LogP contribution is -2.06. The Morgan fingerprint density at radius 2 is 1.77 bits per heavy atom. The van der Waals surface area contributed by atoms with E-state index in [0.29, 0.717) is 6.29 Å². The van der Waals surface area contributed by atoms with Crippen molar-refractivity contribution in [1.82, 2.24) is 5.32 Å². The SMILES string of the molecule is CNCCCCCC=O.O=CCCl. The molecule has 0 aromatic carbocycles. The number of nitrogens with one attached hydrogen (secondary N) is 1. The lowest BCUT2D eigenvalue weighted by atomic mass is 10.2. The number of hydrogen-bond acceptors (Lipinski definition) is 3. The van der Waals surface area contributed by atoms with Crippen molar-refractivity contribution in [3.63, 3.8) is 0 Å². The summed E-state index contributed by atoms with van der Waals surface area (Å²) < 4.78 is 0. The zero-order valence-electron chi connectivity index (χ0n) is 8.09. The fraction of sp³-hybridized carbons (Fsp3) is 0.778. The Balaban J connectivity index is 0. The first-order valence-corrected chi connectivity index (χ1v) is 4.94. The molecule has 0 aromatic rings. The summed E-state index contributed by atoms with van der Waals surface area (Å²) in [6, 6.07) is 0. The molecule has 0 fully saturated rings. The van der Waals surface area contributed by atoms with Gasteiger partial charge in [-0.15, -0.1) is 11.6 Å². The van der Waals surface area contributed by atoms with Crippen molar-refractivity contribution in [2.45, 2.75) is 25.7 Å². The fourth-order valence-electron chi connectivity index (χ4n) is 0.706. The zero-order valence-corrected chi connectivity index (χ0v) is 8.85. The minimum absolute atomic E-state index is 0.111. The number of unbranched alkanes of at least 4 members (excludes halogenated alkanes) is 3. The van der Waals surface area contributed by atoms with E-state index >= 15 is 0 Å². The van der Waals surface area contributed by atoms with Crippen molar-refractivity contribution in [1.29, 1.82) is 0 Å². The smallest absolute Gasteiger partial charge is 0.134 e. The van der Waals surface area contributed by atoms with Gasteiger partial charge in [-0.25, -0.2) is 0 Å². The summed E-state index contributed by atoms with van der Waals surface area (Å²) in [7, 11) is 1.94. The number of aldehydes is 2. The van der Waals surface area contributed by atoms with Gasteiger partial charge in [0.2, 0.25) is 0 Å². The molecular formula is C9H18ClNO2. The molecule has 0 saturated heterocycles. The first-order valence-electron chi connectivity index (χ1n) is 4.41. The molecule has 0 aliphatic heterocycles. The van der Waals surface area contributed by atoms with E-state index in [9.17, 15) is 4.79 Å². The molecule has 0 atom stereocenters. The van der Waals surface area contributed by atoms with Gasteiger partial charge in [0.05, 0.1) is 5.88 Å². The maximum Gasteiger partial charge on any atom is 0.134 e. The van der Waals surface area contributed by atoms with Crippen LogP contribution >= 0.6 is 11.6 Å². The normalized spacial score (nSPS) is 8.46. The van der Waals surface area contributed by atoms with Gasteiger partial charge in [0.1, 0.15) is 12.6 Å². The third-order valence-electron chi connectivity index (χ3n) is 1.31. The highest BCUT2D eigenvalue weighted by molar-refractivity contribution is 6.24. The molecule has 0 radical (unpaired) electrons. The lowest BCUT2D eigenvalue weighted by molar-refractivity contribution is -0.108. The molecule has 0 amide bonds. The molecule has 3 nitrogen and oxygen atoms in total. The van der Waals surface area contributed by atoms with Crippen molar-refractivity contribution >= 4 is 24.2 Å². The number of alkyl halides is 1. The number of carbonyl (C=O) groups excluding carboxylic acids is 2. The summed E-state index contributed by atoms with van der Waals surface area (Å²) >= 11 is 4.82. The summed E-state index contributed by atoms with van der Waals surface area (Å²) in [5.74, 6) is 0.111. The van der Waals surface area contributed by atoms with E-state index < -0.39 is 0 Å². The van der Waals surface area contributed by atoms with E-state index in [4.69, 9.17) is 16.4 Å². The van der Waals surface area contributed by atoms with Gasteiger partial charge in [-0.1, -0.05) is 6.42 Å². The fourth-order valence-corrected chi connectivity index (χ4v) is 0.706. The highest BCUT2D eigenvalue weighted by Gasteiger charge is 1.85. The van der Waals surface area contributed by atoms with Crippen LogP contribution in [0.5, 0.6) is 0 Å². The molecule has 0 rings (SSSR count). The molecule has 0 spiro atoms. The third-order valence-corrected chi connectivity index (χ3v) is 1.44.